The lowest BCUT2D eigenvalue weighted by Crippen LogP contribution is -2.68. The lowest BCUT2D eigenvalue weighted by atomic mass is 9.95. The van der Waals surface area contributed by atoms with E-state index < -0.39 is 196 Å². The summed E-state index contributed by atoms with van der Waals surface area (Å²) in [7, 11) is 0. The van der Waals surface area contributed by atoms with E-state index >= 15 is 0 Å². The van der Waals surface area contributed by atoms with Gasteiger partial charge in [-0.2, -0.15) is 0 Å². The van der Waals surface area contributed by atoms with Crippen molar-refractivity contribution in [3.63, 3.8) is 0 Å². The molecule has 6 rings (SSSR count). The highest BCUT2D eigenvalue weighted by Gasteiger charge is 2.59. The molecule has 27 heteroatoms. The fraction of sp³-hybridized carbons (Fsp3) is 0.938. The minimum absolute atomic E-state index is 0.0338. The Kier molecular flexibility index (Phi) is 33.0. The van der Waals surface area contributed by atoms with Gasteiger partial charge in [0.05, 0.1) is 49.1 Å². The number of esters is 4. The van der Waals surface area contributed by atoms with Crippen molar-refractivity contribution < 1.29 is 131 Å². The van der Waals surface area contributed by atoms with Gasteiger partial charge in [0.1, 0.15) is 67.1 Å². The van der Waals surface area contributed by atoms with Gasteiger partial charge < -0.3 is 112 Å². The maximum atomic E-state index is 14.1. The molecule has 0 aliphatic carbocycles. The van der Waals surface area contributed by atoms with Crippen LogP contribution in [0.25, 0.3) is 0 Å². The number of aliphatic hydroxyl groups is 9. The van der Waals surface area contributed by atoms with Crippen LogP contribution < -0.4 is 0 Å². The van der Waals surface area contributed by atoms with Gasteiger partial charge in [0.25, 0.3) is 0 Å². The van der Waals surface area contributed by atoms with Gasteiger partial charge in [-0.05, 0) is 67.2 Å². The van der Waals surface area contributed by atoms with E-state index in [1.165, 1.54) is 34.6 Å². The van der Waals surface area contributed by atoms with Gasteiger partial charge in [-0.25, -0.2) is 0 Å². The first kappa shape index (κ1) is 78.1. The molecule has 0 aromatic carbocycles. The van der Waals surface area contributed by atoms with Crippen LogP contribution >= 0.6 is 0 Å². The summed E-state index contributed by atoms with van der Waals surface area (Å²) in [4.78, 5) is 54.4. The van der Waals surface area contributed by atoms with E-state index in [-0.39, 0.29) is 18.9 Å². The van der Waals surface area contributed by atoms with Crippen LogP contribution in [0.5, 0.6) is 0 Å². The Morgan fingerprint density at radius 3 is 1.67 bits per heavy atom. The van der Waals surface area contributed by atoms with Crippen molar-refractivity contribution in [2.75, 3.05) is 6.61 Å². The van der Waals surface area contributed by atoms with Crippen molar-refractivity contribution in [1.82, 2.24) is 0 Å². The van der Waals surface area contributed by atoms with E-state index in [2.05, 4.69) is 13.8 Å². The summed E-state index contributed by atoms with van der Waals surface area (Å²) in [5.41, 5.74) is 0. The largest absolute Gasteiger partial charge is 0.456 e. The van der Waals surface area contributed by atoms with Gasteiger partial charge in [0, 0.05) is 19.8 Å². The topological polar surface area (TPSA) is 380 Å². The van der Waals surface area contributed by atoms with Crippen molar-refractivity contribution in [1.29, 1.82) is 0 Å². The highest BCUT2D eigenvalue weighted by molar-refractivity contribution is 5.73. The molecule has 0 aromatic heterocycles. The number of hydrogen-bond donors (Lipinski definition) is 9. The number of aliphatic hydroxyl groups excluding tert-OH is 9. The zero-order chi connectivity index (χ0) is 67.3. The Morgan fingerprint density at radius 1 is 0.500 bits per heavy atom. The molecular weight excluding hydrogens is 1210 g/mol. The molecule has 6 saturated heterocycles. The molecule has 6 aliphatic rings. The predicted molar refractivity (Wildman–Crippen MR) is 323 cm³/mol. The van der Waals surface area contributed by atoms with E-state index in [0.717, 1.165) is 110 Å². The van der Waals surface area contributed by atoms with Gasteiger partial charge in [0.15, 0.2) is 62.0 Å². The molecule has 0 saturated carbocycles. The van der Waals surface area contributed by atoms with Crippen molar-refractivity contribution in [3.8, 4) is 0 Å². The first-order valence-electron chi connectivity index (χ1n) is 34.3. The molecular formula is C65H112O27. The molecule has 6 heterocycles. The minimum atomic E-state index is -2.04. The SMILES string of the molecule is CCCCCCCCCCCC(=O)O[C@H]1[C@H](O[C@@H]2[C@@H](O)[C@H]3OC(=O)CCCCCCCCCC(CCCCC)O[C@@H]4O[C@H](C)[C@@H](O)[C@H](O)[C@H]4O[C@H]3O[C@H]2C)O[C@@H](C)[C@H](O[C@@H]2O[C@@H](C)[C@H](OC(C)=O)[C@@H](OC(=O)C(C)C(C)O)[C@H]2O[C@@H]2O[C@H](CO)[C@@H](O)[C@H](O)[C@H]2O)[C@H]1O. The molecule has 0 amide bonds. The molecule has 0 spiro atoms. The fourth-order valence-corrected chi connectivity index (χ4v) is 12.7. The Hall–Kier alpha value is -2.88. The molecule has 27 nitrogen and oxygen atoms in total. The fourth-order valence-electron chi connectivity index (χ4n) is 12.7. The molecule has 534 valence electrons. The normalized spacial score (nSPS) is 40.3. The van der Waals surface area contributed by atoms with E-state index in [9.17, 15) is 65.1 Å². The van der Waals surface area contributed by atoms with Gasteiger partial charge in [-0.3, -0.25) is 19.2 Å². The number of fused-ring (bicyclic) bond motifs is 2. The standard InChI is InChI=1S/C65H112O27/c1-10-12-14-15-16-17-20-23-27-31-43(69)86-56-51(77)53(90-65-59(92-61-49(75)47(73)46(72)42(33-66)85-61)58(88-60(78)34(3)35(4)67)54(39(8)82-65)83-40(9)68)38(7)80-63(56)89-52-37(6)81-64-57(50(52)76)87-44(70)32-28-24-21-18-19-22-26-30-41(29-25-13-11-2)84-62-55(91-64)48(74)45(71)36(5)79-62/h34-39,41-42,45-59,61-67,71-77H,10-33H2,1-9H3/t34?,35?,36-,37+,38+,39+,41?,42-,45-,46-,47+,48+,49-,50-,51-,52+,53+,54+,55-,56-,57-,58-,59-,61+,62+,63+,64-,65+/m1/s1. The van der Waals surface area contributed by atoms with Gasteiger partial charge in [-0.1, -0.05) is 123 Å². The summed E-state index contributed by atoms with van der Waals surface area (Å²) in [6.07, 6.45) is -23.3. The molecule has 9 N–H and O–H groups in total. The van der Waals surface area contributed by atoms with E-state index in [0.29, 0.717) is 32.1 Å². The average Bonchev–Trinajstić information content (AvgIpc) is 0.787. The Balaban J connectivity index is 1.33. The summed E-state index contributed by atoms with van der Waals surface area (Å²) in [6, 6.07) is 0. The highest BCUT2D eigenvalue weighted by atomic mass is 16.8. The number of carbonyl (C=O) groups excluding carboxylic acids is 4. The molecule has 0 bridgehead atoms. The highest BCUT2D eigenvalue weighted by Crippen LogP contribution is 2.39. The lowest BCUT2D eigenvalue weighted by Gasteiger charge is -2.50. The number of hydrogen-bond acceptors (Lipinski definition) is 27. The number of carbonyl (C=O) groups is 4. The molecule has 28 atom stereocenters. The summed E-state index contributed by atoms with van der Waals surface area (Å²) >= 11 is 0. The van der Waals surface area contributed by atoms with E-state index in [1.807, 2.05) is 0 Å². The summed E-state index contributed by atoms with van der Waals surface area (Å²) in [5.74, 6) is -4.54. The van der Waals surface area contributed by atoms with E-state index in [1.54, 1.807) is 6.92 Å². The minimum Gasteiger partial charge on any atom is -0.456 e. The molecule has 92 heavy (non-hydrogen) atoms. The maximum Gasteiger partial charge on any atom is 0.311 e. The molecule has 0 radical (unpaired) electrons. The molecule has 6 aliphatic heterocycles. The third kappa shape index (κ3) is 22.1. The molecule has 6 fully saturated rings. The monoisotopic (exact) mass is 1320 g/mol. The first-order chi connectivity index (χ1) is 43.9. The third-order valence-corrected chi connectivity index (χ3v) is 18.6. The number of ether oxygens (including phenoxy) is 14. The third-order valence-electron chi connectivity index (χ3n) is 18.6. The van der Waals surface area contributed by atoms with Crippen molar-refractivity contribution in [2.45, 2.75) is 376 Å². The van der Waals surface area contributed by atoms with Gasteiger partial charge in [-0.15, -0.1) is 0 Å². The number of rotatable bonds is 26. The van der Waals surface area contributed by atoms with Crippen molar-refractivity contribution in [2.24, 2.45) is 5.92 Å². The van der Waals surface area contributed by atoms with Crippen LogP contribution in [0.15, 0.2) is 0 Å². The predicted octanol–water partition coefficient (Wildman–Crippen LogP) is 3.84. The maximum absolute atomic E-state index is 14.1. The second kappa shape index (κ2) is 38.9. The van der Waals surface area contributed by atoms with Gasteiger partial charge >= 0.3 is 23.9 Å². The van der Waals surface area contributed by atoms with Crippen LogP contribution in [0, 0.1) is 5.92 Å². The van der Waals surface area contributed by atoms with Crippen LogP contribution in [0.2, 0.25) is 0 Å². The quantitative estimate of drug-likeness (QED) is 0.0337. The zero-order valence-corrected chi connectivity index (χ0v) is 55.5. The smallest absolute Gasteiger partial charge is 0.311 e. The van der Waals surface area contributed by atoms with Crippen molar-refractivity contribution in [3.05, 3.63) is 0 Å². The van der Waals surface area contributed by atoms with Crippen LogP contribution in [-0.2, 0) is 85.5 Å². The lowest BCUT2D eigenvalue weighted by molar-refractivity contribution is -0.395. The number of unbranched alkanes of at least 4 members (excludes halogenated alkanes) is 10. The second-order valence-corrected chi connectivity index (χ2v) is 26.2. The summed E-state index contributed by atoms with van der Waals surface area (Å²) in [6.45, 7) is 13.2. The Morgan fingerprint density at radius 2 is 1.04 bits per heavy atom. The van der Waals surface area contributed by atoms with E-state index in [4.69, 9.17) is 66.3 Å². The molecule has 0 aromatic rings. The van der Waals surface area contributed by atoms with Crippen LogP contribution in [-0.4, -0.2) is 242 Å². The van der Waals surface area contributed by atoms with Crippen LogP contribution in [0.1, 0.15) is 210 Å². The van der Waals surface area contributed by atoms with Crippen molar-refractivity contribution >= 4 is 23.9 Å². The second-order valence-electron chi connectivity index (χ2n) is 26.2. The Labute approximate surface area is 541 Å². The first-order valence-corrected chi connectivity index (χ1v) is 34.3. The van der Waals surface area contributed by atoms with Crippen LogP contribution in [0.3, 0.4) is 0 Å². The van der Waals surface area contributed by atoms with Crippen LogP contribution in [0.4, 0.5) is 0 Å². The average molecular weight is 1330 g/mol. The summed E-state index contributed by atoms with van der Waals surface area (Å²) < 4.78 is 87.6. The zero-order valence-electron chi connectivity index (χ0n) is 55.5. The summed E-state index contributed by atoms with van der Waals surface area (Å²) in [5, 5.41) is 102. The Bertz CT molecular complexity index is 2160. The van der Waals surface area contributed by atoms with Gasteiger partial charge in [0.2, 0.25) is 0 Å². The molecule has 3 unspecified atom stereocenters.